The van der Waals surface area contributed by atoms with E-state index in [9.17, 15) is 4.79 Å². The zero-order chi connectivity index (χ0) is 13.7. The van der Waals surface area contributed by atoms with Crippen LogP contribution in [0.3, 0.4) is 0 Å². The number of halogens is 1. The van der Waals surface area contributed by atoms with Gasteiger partial charge < -0.3 is 20.1 Å². The molecule has 2 N–H and O–H groups in total. The molecule has 112 valence electrons. The molecule has 0 bridgehead atoms. The maximum atomic E-state index is 12.0. The van der Waals surface area contributed by atoms with Crippen LogP contribution in [0.2, 0.25) is 0 Å². The number of likely N-dealkylation sites (tertiary alicyclic amines) is 1. The second kappa shape index (κ2) is 7.97. The van der Waals surface area contributed by atoms with Gasteiger partial charge in [0.25, 0.3) is 5.91 Å². The van der Waals surface area contributed by atoms with E-state index in [1.54, 1.807) is 19.2 Å². The molecule has 1 aromatic rings. The first-order chi connectivity index (χ1) is 9.24. The number of methoxy groups -OCH3 is 1. The lowest BCUT2D eigenvalue weighted by atomic mass is 10.1. The highest BCUT2D eigenvalue weighted by molar-refractivity contribution is 5.85. The molecule has 1 aromatic carbocycles. The smallest absolute Gasteiger partial charge is 0.260 e. The molecule has 1 aliphatic rings. The Morgan fingerprint density at radius 2 is 2.10 bits per heavy atom. The molecule has 1 saturated heterocycles. The number of benzene rings is 1. The van der Waals surface area contributed by atoms with E-state index in [-0.39, 0.29) is 24.9 Å². The number of amides is 1. The van der Waals surface area contributed by atoms with Crippen LogP contribution in [0.25, 0.3) is 0 Å². The van der Waals surface area contributed by atoms with Gasteiger partial charge in [0.1, 0.15) is 0 Å². The maximum absolute atomic E-state index is 12.0. The topological polar surface area (TPSA) is 64.8 Å². The van der Waals surface area contributed by atoms with Crippen LogP contribution in [0.5, 0.6) is 11.5 Å². The molecule has 1 heterocycles. The first-order valence-electron chi connectivity index (χ1n) is 6.48. The number of nitrogens with two attached hydrogens (primary N) is 1. The van der Waals surface area contributed by atoms with Gasteiger partial charge in [-0.05, 0) is 31.0 Å². The lowest BCUT2D eigenvalue weighted by Crippen LogP contribution is -2.33. The summed E-state index contributed by atoms with van der Waals surface area (Å²) in [6, 6.07) is 7.31. The largest absolute Gasteiger partial charge is 0.493 e. The first-order valence-corrected chi connectivity index (χ1v) is 6.48. The standard InChI is InChI=1S/C14H20N2O3.ClH/c1-18-12-4-2-3-5-13(12)19-10-14(17)16-7-6-11(8-15)9-16;/h2-5,11H,6-10,15H2,1H3;1H. The zero-order valence-electron chi connectivity index (χ0n) is 11.6. The molecule has 1 amide bonds. The Balaban J connectivity index is 0.00000200. The van der Waals surface area contributed by atoms with Crippen LogP contribution in [0.15, 0.2) is 24.3 Å². The SMILES string of the molecule is COc1ccccc1OCC(=O)N1CCC(CN)C1.Cl. The number of nitrogens with zero attached hydrogens (tertiary/aromatic N) is 1. The molecule has 0 spiro atoms. The van der Waals surface area contributed by atoms with Crippen molar-refractivity contribution in [2.45, 2.75) is 6.42 Å². The van der Waals surface area contributed by atoms with Gasteiger partial charge in [0.05, 0.1) is 7.11 Å². The fraction of sp³-hybridized carbons (Fsp3) is 0.500. The van der Waals surface area contributed by atoms with Crippen LogP contribution in [-0.2, 0) is 4.79 Å². The summed E-state index contributed by atoms with van der Waals surface area (Å²) >= 11 is 0. The van der Waals surface area contributed by atoms with Crippen LogP contribution in [-0.4, -0.2) is 44.2 Å². The molecule has 1 fully saturated rings. The van der Waals surface area contributed by atoms with E-state index < -0.39 is 0 Å². The van der Waals surface area contributed by atoms with E-state index in [2.05, 4.69) is 0 Å². The maximum Gasteiger partial charge on any atom is 0.260 e. The Bertz CT molecular complexity index is 442. The van der Waals surface area contributed by atoms with Crippen molar-refractivity contribution in [1.82, 2.24) is 4.90 Å². The van der Waals surface area contributed by atoms with Crippen molar-refractivity contribution >= 4 is 18.3 Å². The Labute approximate surface area is 125 Å². The number of hydrogen-bond acceptors (Lipinski definition) is 4. The van der Waals surface area contributed by atoms with Crippen molar-refractivity contribution < 1.29 is 14.3 Å². The number of para-hydroxylation sites is 2. The highest BCUT2D eigenvalue weighted by Gasteiger charge is 2.25. The Hall–Kier alpha value is -1.46. The lowest BCUT2D eigenvalue weighted by Gasteiger charge is -2.17. The number of carbonyl (C=O) groups excluding carboxylic acids is 1. The number of ether oxygens (including phenoxy) is 2. The zero-order valence-corrected chi connectivity index (χ0v) is 12.4. The van der Waals surface area contributed by atoms with Crippen LogP contribution in [0.1, 0.15) is 6.42 Å². The molecule has 6 heteroatoms. The van der Waals surface area contributed by atoms with E-state index in [1.807, 2.05) is 17.0 Å². The summed E-state index contributed by atoms with van der Waals surface area (Å²) in [5.74, 6) is 1.65. The van der Waals surface area contributed by atoms with Gasteiger partial charge in [0.15, 0.2) is 18.1 Å². The normalized spacial score (nSPS) is 17.5. The third-order valence-corrected chi connectivity index (χ3v) is 3.39. The Kier molecular flexibility index (Phi) is 6.61. The van der Waals surface area contributed by atoms with Crippen molar-refractivity contribution in [2.75, 3.05) is 33.4 Å². The monoisotopic (exact) mass is 300 g/mol. The summed E-state index contributed by atoms with van der Waals surface area (Å²) in [6.07, 6.45) is 0.983. The summed E-state index contributed by atoms with van der Waals surface area (Å²) in [5, 5.41) is 0. The minimum Gasteiger partial charge on any atom is -0.493 e. The van der Waals surface area contributed by atoms with Crippen LogP contribution in [0.4, 0.5) is 0 Å². The highest BCUT2D eigenvalue weighted by atomic mass is 35.5. The number of rotatable bonds is 5. The molecule has 0 radical (unpaired) electrons. The molecule has 1 atom stereocenters. The van der Waals surface area contributed by atoms with Crippen molar-refractivity contribution in [1.29, 1.82) is 0 Å². The summed E-state index contributed by atoms with van der Waals surface area (Å²) < 4.78 is 10.7. The molecule has 0 aliphatic carbocycles. The second-order valence-electron chi connectivity index (χ2n) is 4.67. The first kappa shape index (κ1) is 16.6. The van der Waals surface area contributed by atoms with E-state index in [0.29, 0.717) is 24.0 Å². The third-order valence-electron chi connectivity index (χ3n) is 3.39. The molecule has 1 unspecified atom stereocenters. The van der Waals surface area contributed by atoms with Gasteiger partial charge in [-0.1, -0.05) is 12.1 Å². The van der Waals surface area contributed by atoms with E-state index in [1.165, 1.54) is 0 Å². The van der Waals surface area contributed by atoms with Crippen molar-refractivity contribution in [3.05, 3.63) is 24.3 Å². The fourth-order valence-electron chi connectivity index (χ4n) is 2.22. The van der Waals surface area contributed by atoms with Gasteiger partial charge in [-0.25, -0.2) is 0 Å². The molecule has 0 aromatic heterocycles. The predicted octanol–water partition coefficient (Wildman–Crippen LogP) is 1.30. The van der Waals surface area contributed by atoms with Crippen LogP contribution < -0.4 is 15.2 Å². The number of hydrogen-bond donors (Lipinski definition) is 1. The molecule has 1 aliphatic heterocycles. The van der Waals surface area contributed by atoms with Crippen molar-refractivity contribution in [3.63, 3.8) is 0 Å². The summed E-state index contributed by atoms with van der Waals surface area (Å²) in [7, 11) is 1.58. The fourth-order valence-corrected chi connectivity index (χ4v) is 2.22. The second-order valence-corrected chi connectivity index (χ2v) is 4.67. The highest BCUT2D eigenvalue weighted by Crippen LogP contribution is 2.25. The van der Waals surface area contributed by atoms with Crippen molar-refractivity contribution in [2.24, 2.45) is 11.7 Å². The quantitative estimate of drug-likeness (QED) is 0.890. The predicted molar refractivity (Wildman–Crippen MR) is 79.5 cm³/mol. The average Bonchev–Trinajstić information content (AvgIpc) is 2.94. The van der Waals surface area contributed by atoms with Gasteiger partial charge >= 0.3 is 0 Å². The Morgan fingerprint density at radius 1 is 1.40 bits per heavy atom. The number of carbonyl (C=O) groups is 1. The van der Waals surface area contributed by atoms with Gasteiger partial charge in [0, 0.05) is 13.1 Å². The minimum atomic E-state index is 0. The summed E-state index contributed by atoms with van der Waals surface area (Å²) in [5.41, 5.74) is 5.61. The van der Waals surface area contributed by atoms with Gasteiger partial charge in [-0.2, -0.15) is 0 Å². The average molecular weight is 301 g/mol. The van der Waals surface area contributed by atoms with Crippen LogP contribution in [0, 0.1) is 5.92 Å². The Morgan fingerprint density at radius 3 is 2.70 bits per heavy atom. The van der Waals surface area contributed by atoms with Gasteiger partial charge in [-0.3, -0.25) is 4.79 Å². The summed E-state index contributed by atoms with van der Waals surface area (Å²) in [6.45, 7) is 2.19. The molecule has 5 nitrogen and oxygen atoms in total. The molecule has 0 saturated carbocycles. The molecular weight excluding hydrogens is 280 g/mol. The van der Waals surface area contributed by atoms with Crippen molar-refractivity contribution in [3.8, 4) is 11.5 Å². The minimum absolute atomic E-state index is 0. The molecule has 20 heavy (non-hydrogen) atoms. The van der Waals surface area contributed by atoms with Gasteiger partial charge in [0.2, 0.25) is 0 Å². The summed E-state index contributed by atoms with van der Waals surface area (Å²) in [4.78, 5) is 13.8. The van der Waals surface area contributed by atoms with E-state index in [0.717, 1.165) is 19.5 Å². The van der Waals surface area contributed by atoms with Crippen LogP contribution >= 0.6 is 12.4 Å². The van der Waals surface area contributed by atoms with E-state index in [4.69, 9.17) is 15.2 Å². The lowest BCUT2D eigenvalue weighted by molar-refractivity contribution is -0.132. The van der Waals surface area contributed by atoms with E-state index >= 15 is 0 Å². The molecular formula is C14H21ClN2O3. The third kappa shape index (κ3) is 4.02. The van der Waals surface area contributed by atoms with Gasteiger partial charge in [-0.15, -0.1) is 12.4 Å². The molecule has 2 rings (SSSR count).